The standard InChI is InChI=1S/C19H20N2O3S/c1-12(2)18-15-11-14(9-10-17(15)21(4)19(18)22)25(23,24)20-16-8-6-5-7-13(16)3/h5-11,20H,1-4H3. The zero-order valence-electron chi connectivity index (χ0n) is 14.6. The summed E-state index contributed by atoms with van der Waals surface area (Å²) in [4.78, 5) is 14.1. The SMILES string of the molecule is CC(C)=C1C(=O)N(C)c2ccc(S(=O)(=O)Nc3ccccc3C)cc21. The fraction of sp³-hybridized carbons (Fsp3) is 0.211. The first-order chi connectivity index (χ1) is 11.7. The quantitative estimate of drug-likeness (QED) is 0.855. The van der Waals surface area contributed by atoms with E-state index in [1.165, 1.54) is 6.07 Å². The number of anilines is 2. The van der Waals surface area contributed by atoms with Crippen molar-refractivity contribution in [1.29, 1.82) is 0 Å². The molecule has 1 heterocycles. The Hall–Kier alpha value is -2.60. The number of carbonyl (C=O) groups is 1. The molecule has 0 bridgehead atoms. The zero-order chi connectivity index (χ0) is 18.4. The van der Waals surface area contributed by atoms with E-state index in [9.17, 15) is 13.2 Å². The van der Waals surface area contributed by atoms with Gasteiger partial charge in [0.1, 0.15) is 0 Å². The van der Waals surface area contributed by atoms with Crippen LogP contribution in [-0.4, -0.2) is 21.4 Å². The molecule has 0 unspecified atom stereocenters. The molecule has 0 atom stereocenters. The highest BCUT2D eigenvalue weighted by atomic mass is 32.2. The number of sulfonamides is 1. The molecule has 0 saturated carbocycles. The van der Waals surface area contributed by atoms with Crippen LogP contribution in [0.1, 0.15) is 25.0 Å². The molecule has 130 valence electrons. The number of hydrogen-bond donors (Lipinski definition) is 1. The summed E-state index contributed by atoms with van der Waals surface area (Å²) in [5.41, 5.74) is 4.17. The van der Waals surface area contributed by atoms with E-state index in [0.29, 0.717) is 16.8 Å². The van der Waals surface area contributed by atoms with Crippen molar-refractivity contribution in [2.75, 3.05) is 16.7 Å². The van der Waals surface area contributed by atoms with Crippen molar-refractivity contribution in [1.82, 2.24) is 0 Å². The van der Waals surface area contributed by atoms with Crippen molar-refractivity contribution >= 4 is 32.9 Å². The van der Waals surface area contributed by atoms with Gasteiger partial charge in [-0.25, -0.2) is 8.42 Å². The minimum absolute atomic E-state index is 0.114. The average Bonchev–Trinajstić information content (AvgIpc) is 2.80. The first kappa shape index (κ1) is 17.2. The second-order valence-electron chi connectivity index (χ2n) is 6.34. The molecule has 6 heteroatoms. The Labute approximate surface area is 148 Å². The third kappa shape index (κ3) is 2.93. The van der Waals surface area contributed by atoms with Gasteiger partial charge in [0.25, 0.3) is 15.9 Å². The van der Waals surface area contributed by atoms with Gasteiger partial charge < -0.3 is 4.90 Å². The van der Waals surface area contributed by atoms with E-state index in [0.717, 1.165) is 16.8 Å². The molecule has 0 fully saturated rings. The first-order valence-electron chi connectivity index (χ1n) is 7.91. The van der Waals surface area contributed by atoms with E-state index in [4.69, 9.17) is 0 Å². The predicted octanol–water partition coefficient (Wildman–Crippen LogP) is 3.57. The maximum Gasteiger partial charge on any atom is 0.261 e. The fourth-order valence-corrected chi connectivity index (χ4v) is 4.10. The number of fused-ring (bicyclic) bond motifs is 1. The number of aryl methyl sites for hydroxylation is 1. The van der Waals surface area contributed by atoms with E-state index in [2.05, 4.69) is 4.72 Å². The molecule has 0 saturated heterocycles. The summed E-state index contributed by atoms with van der Waals surface area (Å²) < 4.78 is 28.2. The first-order valence-corrected chi connectivity index (χ1v) is 9.39. The smallest absolute Gasteiger partial charge is 0.261 e. The van der Waals surface area contributed by atoms with E-state index >= 15 is 0 Å². The minimum Gasteiger partial charge on any atom is -0.311 e. The number of likely N-dealkylation sites (N-methyl/N-ethyl adjacent to an activating group) is 1. The summed E-state index contributed by atoms with van der Waals surface area (Å²) in [6.07, 6.45) is 0. The van der Waals surface area contributed by atoms with Crippen LogP contribution < -0.4 is 9.62 Å². The average molecular weight is 356 g/mol. The summed E-state index contributed by atoms with van der Waals surface area (Å²) in [6, 6.07) is 12.0. The monoisotopic (exact) mass is 356 g/mol. The van der Waals surface area contributed by atoms with Crippen LogP contribution in [0.3, 0.4) is 0 Å². The second-order valence-corrected chi connectivity index (χ2v) is 8.02. The van der Waals surface area contributed by atoms with Crippen molar-refractivity contribution in [2.45, 2.75) is 25.7 Å². The van der Waals surface area contributed by atoms with Crippen LogP contribution in [0.25, 0.3) is 5.57 Å². The van der Waals surface area contributed by atoms with Crippen LogP contribution in [0.2, 0.25) is 0 Å². The van der Waals surface area contributed by atoms with E-state index in [-0.39, 0.29) is 10.8 Å². The Morgan fingerprint density at radius 2 is 1.76 bits per heavy atom. The molecule has 0 aliphatic carbocycles. The van der Waals surface area contributed by atoms with Crippen molar-refractivity contribution in [2.24, 2.45) is 0 Å². The van der Waals surface area contributed by atoms with Gasteiger partial charge in [0.15, 0.2) is 0 Å². The Morgan fingerprint density at radius 1 is 1.08 bits per heavy atom. The lowest BCUT2D eigenvalue weighted by Crippen LogP contribution is -2.20. The third-order valence-corrected chi connectivity index (χ3v) is 5.68. The van der Waals surface area contributed by atoms with Crippen molar-refractivity contribution < 1.29 is 13.2 Å². The molecular formula is C19H20N2O3S. The number of rotatable bonds is 3. The number of carbonyl (C=O) groups excluding carboxylic acids is 1. The molecule has 1 N–H and O–H groups in total. The number of allylic oxidation sites excluding steroid dienone is 1. The lowest BCUT2D eigenvalue weighted by Gasteiger charge is -2.12. The molecule has 25 heavy (non-hydrogen) atoms. The highest BCUT2D eigenvalue weighted by molar-refractivity contribution is 7.92. The van der Waals surface area contributed by atoms with E-state index < -0.39 is 10.0 Å². The lowest BCUT2D eigenvalue weighted by molar-refractivity contribution is -0.112. The maximum atomic E-state index is 12.8. The molecule has 1 amide bonds. The number of para-hydroxylation sites is 1. The highest BCUT2D eigenvalue weighted by Gasteiger charge is 2.32. The van der Waals surface area contributed by atoms with Crippen LogP contribution in [0.15, 0.2) is 52.9 Å². The lowest BCUT2D eigenvalue weighted by atomic mass is 10.0. The molecule has 0 spiro atoms. The Balaban J connectivity index is 2.07. The number of nitrogens with zero attached hydrogens (tertiary/aromatic N) is 1. The number of hydrogen-bond acceptors (Lipinski definition) is 3. The summed E-state index contributed by atoms with van der Waals surface area (Å²) >= 11 is 0. The number of nitrogens with one attached hydrogen (secondary N) is 1. The predicted molar refractivity (Wildman–Crippen MR) is 100 cm³/mol. The van der Waals surface area contributed by atoms with Gasteiger partial charge >= 0.3 is 0 Å². The molecule has 1 aliphatic heterocycles. The van der Waals surface area contributed by atoms with Gasteiger partial charge in [0.2, 0.25) is 0 Å². The summed E-state index contributed by atoms with van der Waals surface area (Å²) in [5, 5.41) is 0. The fourth-order valence-electron chi connectivity index (χ4n) is 2.94. The molecule has 2 aromatic carbocycles. The molecule has 0 aromatic heterocycles. The normalized spacial score (nSPS) is 13.8. The third-order valence-electron chi connectivity index (χ3n) is 4.32. The molecular weight excluding hydrogens is 336 g/mol. The Morgan fingerprint density at radius 3 is 2.40 bits per heavy atom. The Bertz CT molecular complexity index is 1000. The van der Waals surface area contributed by atoms with Gasteiger partial charge in [-0.2, -0.15) is 0 Å². The number of amides is 1. The van der Waals surface area contributed by atoms with Crippen molar-refractivity contribution in [3.05, 3.63) is 59.2 Å². The van der Waals surface area contributed by atoms with Gasteiger partial charge in [-0.3, -0.25) is 9.52 Å². The van der Waals surface area contributed by atoms with E-state index in [1.54, 1.807) is 36.2 Å². The maximum absolute atomic E-state index is 12.8. The van der Waals surface area contributed by atoms with Crippen molar-refractivity contribution in [3.63, 3.8) is 0 Å². The zero-order valence-corrected chi connectivity index (χ0v) is 15.4. The van der Waals surface area contributed by atoms with E-state index in [1.807, 2.05) is 32.9 Å². The second kappa shape index (κ2) is 6.04. The van der Waals surface area contributed by atoms with Crippen LogP contribution >= 0.6 is 0 Å². The van der Waals surface area contributed by atoms with Crippen LogP contribution in [0.4, 0.5) is 11.4 Å². The minimum atomic E-state index is -3.74. The van der Waals surface area contributed by atoms with Gasteiger partial charge in [-0.1, -0.05) is 23.8 Å². The topological polar surface area (TPSA) is 66.5 Å². The largest absolute Gasteiger partial charge is 0.311 e. The molecule has 0 radical (unpaired) electrons. The van der Waals surface area contributed by atoms with Crippen LogP contribution in [0.5, 0.6) is 0 Å². The molecule has 3 rings (SSSR count). The van der Waals surface area contributed by atoms with Crippen LogP contribution in [-0.2, 0) is 14.8 Å². The van der Waals surface area contributed by atoms with Crippen molar-refractivity contribution in [3.8, 4) is 0 Å². The van der Waals surface area contributed by atoms with Gasteiger partial charge in [0.05, 0.1) is 16.3 Å². The van der Waals surface area contributed by atoms with Gasteiger partial charge in [0, 0.05) is 18.2 Å². The highest BCUT2D eigenvalue weighted by Crippen LogP contribution is 2.39. The molecule has 2 aromatic rings. The Kier molecular flexibility index (Phi) is 4.16. The molecule has 1 aliphatic rings. The molecule has 5 nitrogen and oxygen atoms in total. The summed E-state index contributed by atoms with van der Waals surface area (Å²) in [5.74, 6) is -0.114. The van der Waals surface area contributed by atoms with Gasteiger partial charge in [-0.15, -0.1) is 0 Å². The summed E-state index contributed by atoms with van der Waals surface area (Å²) in [7, 11) is -2.05. The number of benzene rings is 2. The summed E-state index contributed by atoms with van der Waals surface area (Å²) in [6.45, 7) is 5.54. The van der Waals surface area contributed by atoms with Crippen LogP contribution in [0, 0.1) is 6.92 Å². The van der Waals surface area contributed by atoms with Gasteiger partial charge in [-0.05, 0) is 50.6 Å².